The van der Waals surface area contributed by atoms with Gasteiger partial charge in [-0.1, -0.05) is 31.4 Å². The number of hydrogen-bond donors (Lipinski definition) is 1. The van der Waals surface area contributed by atoms with E-state index in [0.29, 0.717) is 6.10 Å². The van der Waals surface area contributed by atoms with Crippen molar-refractivity contribution in [1.29, 1.82) is 0 Å². The molecule has 1 aliphatic carbocycles. The number of hydrogen-bond acceptors (Lipinski definition) is 3. The molecule has 1 saturated heterocycles. The maximum Gasteiger partial charge on any atom is 0.0687 e. The van der Waals surface area contributed by atoms with Crippen LogP contribution in [0.5, 0.6) is 0 Å². The summed E-state index contributed by atoms with van der Waals surface area (Å²) in [6, 6.07) is 0. The molecule has 0 bridgehead atoms. The van der Waals surface area contributed by atoms with Gasteiger partial charge in [0.15, 0.2) is 0 Å². The van der Waals surface area contributed by atoms with Gasteiger partial charge in [0.2, 0.25) is 0 Å². The SMILES string of the molecule is COCCNCC/C=C/CC1CCC2(CCCCC2)O1. The van der Waals surface area contributed by atoms with Gasteiger partial charge in [0, 0.05) is 13.7 Å². The summed E-state index contributed by atoms with van der Waals surface area (Å²) >= 11 is 0. The Hall–Kier alpha value is -0.380. The average Bonchev–Trinajstić information content (AvgIpc) is 2.85. The maximum atomic E-state index is 6.37. The molecule has 2 aliphatic rings. The summed E-state index contributed by atoms with van der Waals surface area (Å²) in [5, 5.41) is 3.35. The van der Waals surface area contributed by atoms with Gasteiger partial charge >= 0.3 is 0 Å². The minimum absolute atomic E-state index is 0.276. The fourth-order valence-corrected chi connectivity index (χ4v) is 3.48. The normalized spacial score (nSPS) is 25.8. The molecule has 0 radical (unpaired) electrons. The second kappa shape index (κ2) is 8.81. The topological polar surface area (TPSA) is 30.5 Å². The summed E-state index contributed by atoms with van der Waals surface area (Å²) in [6.07, 6.45) is 16.6. The first kappa shape index (κ1) is 16.0. The second-order valence-corrected chi connectivity index (χ2v) is 6.26. The molecular weight excluding hydrogens is 250 g/mol. The molecule has 2 fully saturated rings. The van der Waals surface area contributed by atoms with E-state index in [2.05, 4.69) is 17.5 Å². The van der Waals surface area contributed by atoms with Gasteiger partial charge < -0.3 is 14.8 Å². The third-order valence-corrected chi connectivity index (χ3v) is 4.64. The molecule has 3 nitrogen and oxygen atoms in total. The number of ether oxygens (including phenoxy) is 2. The molecule has 1 saturated carbocycles. The van der Waals surface area contributed by atoms with Crippen molar-refractivity contribution in [2.45, 2.75) is 69.5 Å². The van der Waals surface area contributed by atoms with Crippen molar-refractivity contribution in [3.8, 4) is 0 Å². The van der Waals surface area contributed by atoms with Crippen molar-refractivity contribution in [3.05, 3.63) is 12.2 Å². The molecule has 1 unspecified atom stereocenters. The van der Waals surface area contributed by atoms with E-state index in [9.17, 15) is 0 Å². The first-order valence-electron chi connectivity index (χ1n) is 8.37. The first-order chi connectivity index (χ1) is 9.85. The van der Waals surface area contributed by atoms with Gasteiger partial charge in [0.05, 0.1) is 18.3 Å². The zero-order valence-electron chi connectivity index (χ0n) is 13.0. The average molecular weight is 281 g/mol. The van der Waals surface area contributed by atoms with Gasteiger partial charge in [-0.2, -0.15) is 0 Å². The largest absolute Gasteiger partial charge is 0.383 e. The Morgan fingerprint density at radius 1 is 1.15 bits per heavy atom. The summed E-state index contributed by atoms with van der Waals surface area (Å²) < 4.78 is 11.4. The van der Waals surface area contributed by atoms with Crippen molar-refractivity contribution in [1.82, 2.24) is 5.32 Å². The molecule has 1 aliphatic heterocycles. The second-order valence-electron chi connectivity index (χ2n) is 6.26. The lowest BCUT2D eigenvalue weighted by molar-refractivity contribution is -0.0620. The zero-order chi connectivity index (χ0) is 14.1. The Bertz CT molecular complexity index is 285. The van der Waals surface area contributed by atoms with Gasteiger partial charge in [-0.15, -0.1) is 0 Å². The fraction of sp³-hybridized carbons (Fsp3) is 0.882. The molecule has 1 N–H and O–H groups in total. The molecule has 20 heavy (non-hydrogen) atoms. The number of methoxy groups -OCH3 is 1. The van der Waals surface area contributed by atoms with Crippen LogP contribution in [-0.2, 0) is 9.47 Å². The van der Waals surface area contributed by atoms with Crippen molar-refractivity contribution in [2.24, 2.45) is 0 Å². The van der Waals surface area contributed by atoms with E-state index in [4.69, 9.17) is 9.47 Å². The Kier molecular flexibility index (Phi) is 7.05. The highest BCUT2D eigenvalue weighted by atomic mass is 16.5. The van der Waals surface area contributed by atoms with E-state index in [-0.39, 0.29) is 5.60 Å². The lowest BCUT2D eigenvalue weighted by atomic mass is 9.83. The van der Waals surface area contributed by atoms with Crippen LogP contribution in [0, 0.1) is 0 Å². The van der Waals surface area contributed by atoms with Crippen LogP contribution in [0.15, 0.2) is 12.2 Å². The standard InChI is InChI=1S/C17H31NO2/c1-19-15-14-18-13-7-2-4-8-16-9-12-17(20-16)10-5-3-6-11-17/h2,4,16,18H,3,5-15H2,1H3/b4-2+. The van der Waals surface area contributed by atoms with Gasteiger partial charge in [-0.3, -0.25) is 0 Å². The predicted octanol–water partition coefficient (Wildman–Crippen LogP) is 3.44. The highest BCUT2D eigenvalue weighted by Gasteiger charge is 2.40. The third-order valence-electron chi connectivity index (χ3n) is 4.64. The summed E-state index contributed by atoms with van der Waals surface area (Å²) in [4.78, 5) is 0. The van der Waals surface area contributed by atoms with Crippen LogP contribution in [-0.4, -0.2) is 38.5 Å². The van der Waals surface area contributed by atoms with Crippen LogP contribution < -0.4 is 5.32 Å². The lowest BCUT2D eigenvalue weighted by Crippen LogP contribution is -2.31. The molecule has 0 aromatic heterocycles. The Morgan fingerprint density at radius 3 is 2.80 bits per heavy atom. The summed E-state index contributed by atoms with van der Waals surface area (Å²) in [7, 11) is 1.74. The minimum atomic E-state index is 0.276. The Morgan fingerprint density at radius 2 is 2.00 bits per heavy atom. The number of rotatable bonds is 8. The molecule has 116 valence electrons. The highest BCUT2D eigenvalue weighted by Crippen LogP contribution is 2.42. The van der Waals surface area contributed by atoms with Gasteiger partial charge in [-0.25, -0.2) is 0 Å². The van der Waals surface area contributed by atoms with Crippen LogP contribution >= 0.6 is 0 Å². The highest BCUT2D eigenvalue weighted by molar-refractivity contribution is 4.94. The fourth-order valence-electron chi connectivity index (χ4n) is 3.48. The van der Waals surface area contributed by atoms with E-state index >= 15 is 0 Å². The van der Waals surface area contributed by atoms with Crippen LogP contribution in [0.25, 0.3) is 0 Å². The summed E-state index contributed by atoms with van der Waals surface area (Å²) in [5.74, 6) is 0. The van der Waals surface area contributed by atoms with Gasteiger partial charge in [0.25, 0.3) is 0 Å². The first-order valence-corrected chi connectivity index (χ1v) is 8.37. The lowest BCUT2D eigenvalue weighted by Gasteiger charge is -2.33. The molecule has 0 aromatic carbocycles. The van der Waals surface area contributed by atoms with Crippen molar-refractivity contribution >= 4 is 0 Å². The van der Waals surface area contributed by atoms with Crippen LogP contribution in [0.4, 0.5) is 0 Å². The van der Waals surface area contributed by atoms with E-state index in [0.717, 1.165) is 32.5 Å². The molecular formula is C17H31NO2. The van der Waals surface area contributed by atoms with Crippen molar-refractivity contribution < 1.29 is 9.47 Å². The van der Waals surface area contributed by atoms with Crippen LogP contribution in [0.3, 0.4) is 0 Å². The summed E-state index contributed by atoms with van der Waals surface area (Å²) in [5.41, 5.74) is 0.276. The molecule has 1 heterocycles. The smallest absolute Gasteiger partial charge is 0.0687 e. The monoisotopic (exact) mass is 281 g/mol. The van der Waals surface area contributed by atoms with E-state index in [1.165, 1.54) is 44.9 Å². The minimum Gasteiger partial charge on any atom is -0.383 e. The van der Waals surface area contributed by atoms with Gasteiger partial charge in [0.1, 0.15) is 0 Å². The van der Waals surface area contributed by atoms with Crippen molar-refractivity contribution in [2.75, 3.05) is 26.8 Å². The zero-order valence-corrected chi connectivity index (χ0v) is 13.0. The Balaban J connectivity index is 1.54. The van der Waals surface area contributed by atoms with Crippen molar-refractivity contribution in [3.63, 3.8) is 0 Å². The molecule has 0 aromatic rings. The van der Waals surface area contributed by atoms with Crippen LogP contribution in [0.2, 0.25) is 0 Å². The van der Waals surface area contributed by atoms with E-state index < -0.39 is 0 Å². The number of nitrogens with one attached hydrogen (secondary N) is 1. The molecule has 0 amide bonds. The van der Waals surface area contributed by atoms with Gasteiger partial charge in [-0.05, 0) is 45.1 Å². The molecule has 1 atom stereocenters. The van der Waals surface area contributed by atoms with E-state index in [1.807, 2.05) is 0 Å². The third kappa shape index (κ3) is 5.19. The predicted molar refractivity (Wildman–Crippen MR) is 83.0 cm³/mol. The molecule has 3 heteroatoms. The maximum absolute atomic E-state index is 6.37. The summed E-state index contributed by atoms with van der Waals surface area (Å²) in [6.45, 7) is 2.77. The quantitative estimate of drug-likeness (QED) is 0.546. The molecule has 1 spiro atoms. The molecule has 2 rings (SSSR count). The van der Waals surface area contributed by atoms with Crippen LogP contribution in [0.1, 0.15) is 57.8 Å². The Labute approximate surface area is 124 Å². The van der Waals surface area contributed by atoms with E-state index in [1.54, 1.807) is 7.11 Å².